The Morgan fingerprint density at radius 2 is 2.46 bits per heavy atom. The van der Waals surface area contributed by atoms with Crippen molar-refractivity contribution in [1.82, 2.24) is 0 Å². The lowest BCUT2D eigenvalue weighted by molar-refractivity contribution is 0.645. The molecule has 13 heavy (non-hydrogen) atoms. The van der Waals surface area contributed by atoms with E-state index in [9.17, 15) is 0 Å². The second-order valence-corrected chi connectivity index (χ2v) is 4.03. The molecule has 0 aliphatic heterocycles. The highest BCUT2D eigenvalue weighted by Gasteiger charge is 2.03. The highest BCUT2D eigenvalue weighted by Crippen LogP contribution is 2.16. The highest BCUT2D eigenvalue weighted by atomic mass is 32.1. The summed E-state index contributed by atoms with van der Waals surface area (Å²) < 4.78 is 0. The first-order valence-corrected chi connectivity index (χ1v) is 5.60. The van der Waals surface area contributed by atoms with Crippen LogP contribution in [0.2, 0.25) is 0 Å². The van der Waals surface area contributed by atoms with Crippen molar-refractivity contribution < 1.29 is 0 Å². The number of hydrogen-bond acceptors (Lipinski definition) is 1. The molecule has 1 heterocycles. The van der Waals surface area contributed by atoms with Crippen LogP contribution < -0.4 is 0 Å². The molecular formula is C12H12S. The maximum absolute atomic E-state index is 3.29. The van der Waals surface area contributed by atoms with E-state index >= 15 is 0 Å². The van der Waals surface area contributed by atoms with Gasteiger partial charge in [0.05, 0.1) is 0 Å². The normalized spacial score (nSPS) is 20.8. The molecule has 1 aromatic heterocycles. The minimum atomic E-state index is 0.494. The van der Waals surface area contributed by atoms with Crippen LogP contribution in [0.25, 0.3) is 0 Å². The molecule has 0 N–H and O–H groups in total. The lowest BCUT2D eigenvalue weighted by atomic mass is 9.96. The Hall–Kier alpha value is -1.00. The Labute approximate surface area is 83.3 Å². The summed E-state index contributed by atoms with van der Waals surface area (Å²) in [6, 6.07) is 2.07. The van der Waals surface area contributed by atoms with E-state index in [4.69, 9.17) is 0 Å². The largest absolute Gasteiger partial charge is 0.151 e. The van der Waals surface area contributed by atoms with Crippen LogP contribution in [0.5, 0.6) is 0 Å². The van der Waals surface area contributed by atoms with Crippen LogP contribution in [0.4, 0.5) is 0 Å². The molecule has 0 amide bonds. The summed E-state index contributed by atoms with van der Waals surface area (Å²) in [6.45, 7) is 0. The lowest BCUT2D eigenvalue weighted by Gasteiger charge is -2.08. The predicted molar refractivity (Wildman–Crippen MR) is 57.7 cm³/mol. The van der Waals surface area contributed by atoms with Crippen LogP contribution in [0.15, 0.2) is 29.0 Å². The molecule has 1 atom stereocenters. The third-order valence-electron chi connectivity index (χ3n) is 2.18. The zero-order chi connectivity index (χ0) is 8.93. The van der Waals surface area contributed by atoms with Crippen molar-refractivity contribution in [3.8, 4) is 11.8 Å². The van der Waals surface area contributed by atoms with Crippen molar-refractivity contribution in [2.75, 3.05) is 0 Å². The molecular weight excluding hydrogens is 176 g/mol. The summed E-state index contributed by atoms with van der Waals surface area (Å²) in [5.41, 5.74) is 1.16. The SMILES string of the molecule is C(#C[C@@H]1C=CCCC1)c1ccsc1. The van der Waals surface area contributed by atoms with E-state index in [0.29, 0.717) is 5.92 Å². The minimum Gasteiger partial charge on any atom is -0.151 e. The Morgan fingerprint density at radius 3 is 3.15 bits per heavy atom. The molecule has 0 saturated heterocycles. The molecule has 0 bridgehead atoms. The van der Waals surface area contributed by atoms with Crippen LogP contribution in [-0.2, 0) is 0 Å². The number of thiophene rings is 1. The molecule has 0 radical (unpaired) electrons. The summed E-state index contributed by atoms with van der Waals surface area (Å²) >= 11 is 1.71. The van der Waals surface area contributed by atoms with Gasteiger partial charge in [-0.2, -0.15) is 11.3 Å². The predicted octanol–water partition coefficient (Wildman–Crippen LogP) is 3.46. The first-order chi connectivity index (χ1) is 6.45. The molecule has 0 unspecified atom stereocenters. The quantitative estimate of drug-likeness (QED) is 0.432. The first kappa shape index (κ1) is 8.59. The van der Waals surface area contributed by atoms with E-state index in [-0.39, 0.29) is 0 Å². The van der Waals surface area contributed by atoms with Crippen molar-refractivity contribution in [1.29, 1.82) is 0 Å². The summed E-state index contributed by atoms with van der Waals surface area (Å²) in [7, 11) is 0. The van der Waals surface area contributed by atoms with Gasteiger partial charge in [0.1, 0.15) is 0 Å². The van der Waals surface area contributed by atoms with Gasteiger partial charge in [-0.05, 0) is 30.7 Å². The van der Waals surface area contributed by atoms with E-state index in [1.807, 2.05) is 0 Å². The third kappa shape index (κ3) is 2.47. The van der Waals surface area contributed by atoms with Gasteiger partial charge < -0.3 is 0 Å². The Kier molecular flexibility index (Phi) is 2.84. The Morgan fingerprint density at radius 1 is 1.46 bits per heavy atom. The molecule has 0 spiro atoms. The van der Waals surface area contributed by atoms with Gasteiger partial charge >= 0.3 is 0 Å². The second kappa shape index (κ2) is 4.30. The molecule has 0 saturated carbocycles. The monoisotopic (exact) mass is 188 g/mol. The molecule has 0 nitrogen and oxygen atoms in total. The van der Waals surface area contributed by atoms with E-state index in [1.54, 1.807) is 11.3 Å². The second-order valence-electron chi connectivity index (χ2n) is 3.25. The van der Waals surface area contributed by atoms with Gasteiger partial charge in [-0.25, -0.2) is 0 Å². The van der Waals surface area contributed by atoms with Crippen LogP contribution in [0.1, 0.15) is 24.8 Å². The van der Waals surface area contributed by atoms with Gasteiger partial charge in [0.15, 0.2) is 0 Å². The third-order valence-corrected chi connectivity index (χ3v) is 2.86. The fourth-order valence-electron chi connectivity index (χ4n) is 1.44. The van der Waals surface area contributed by atoms with Crippen LogP contribution >= 0.6 is 11.3 Å². The molecule has 1 aliphatic rings. The Bertz CT molecular complexity index is 335. The summed E-state index contributed by atoms with van der Waals surface area (Å²) in [5, 5.41) is 4.17. The average molecular weight is 188 g/mol. The smallest absolute Gasteiger partial charge is 0.0386 e. The van der Waals surface area contributed by atoms with Crippen molar-refractivity contribution in [2.24, 2.45) is 5.92 Å². The highest BCUT2D eigenvalue weighted by molar-refractivity contribution is 7.08. The van der Waals surface area contributed by atoms with Gasteiger partial charge in [-0.3, -0.25) is 0 Å². The lowest BCUT2D eigenvalue weighted by Crippen LogP contribution is -1.96. The van der Waals surface area contributed by atoms with Gasteiger partial charge in [-0.15, -0.1) is 0 Å². The molecule has 1 aliphatic carbocycles. The van der Waals surface area contributed by atoms with Crippen LogP contribution in [0, 0.1) is 17.8 Å². The van der Waals surface area contributed by atoms with Crippen molar-refractivity contribution in [2.45, 2.75) is 19.3 Å². The Balaban J connectivity index is 2.03. The first-order valence-electron chi connectivity index (χ1n) is 4.65. The van der Waals surface area contributed by atoms with E-state index in [0.717, 1.165) is 5.56 Å². The fraction of sp³-hybridized carbons (Fsp3) is 0.333. The molecule has 0 aromatic carbocycles. The summed E-state index contributed by atoms with van der Waals surface area (Å²) in [6.07, 6.45) is 8.24. The number of hydrogen-bond donors (Lipinski definition) is 0. The molecule has 66 valence electrons. The van der Waals surface area contributed by atoms with Crippen LogP contribution in [0.3, 0.4) is 0 Å². The summed E-state index contributed by atoms with van der Waals surface area (Å²) in [5.74, 6) is 6.99. The average Bonchev–Trinajstić information content (AvgIpc) is 2.69. The zero-order valence-corrected chi connectivity index (χ0v) is 8.31. The number of rotatable bonds is 0. The molecule has 1 aromatic rings. The summed E-state index contributed by atoms with van der Waals surface area (Å²) in [4.78, 5) is 0. The molecule has 0 fully saturated rings. The van der Waals surface area contributed by atoms with Gasteiger partial charge in [-0.1, -0.05) is 24.0 Å². The van der Waals surface area contributed by atoms with Crippen LogP contribution in [-0.4, -0.2) is 0 Å². The van der Waals surface area contributed by atoms with E-state index in [2.05, 4.69) is 40.8 Å². The maximum atomic E-state index is 3.29. The van der Waals surface area contributed by atoms with Crippen molar-refractivity contribution in [3.63, 3.8) is 0 Å². The van der Waals surface area contributed by atoms with Gasteiger partial charge in [0.2, 0.25) is 0 Å². The fourth-order valence-corrected chi connectivity index (χ4v) is 2.03. The minimum absolute atomic E-state index is 0.494. The molecule has 2 rings (SSSR count). The standard InChI is InChI=1S/C12H12S/c1-2-4-11(5-3-1)6-7-12-8-9-13-10-12/h2,4,8-11H,1,3,5H2/t11-/m1/s1. The maximum Gasteiger partial charge on any atom is 0.0386 e. The zero-order valence-electron chi connectivity index (χ0n) is 7.49. The molecule has 1 heteroatoms. The number of allylic oxidation sites excluding steroid dienone is 2. The van der Waals surface area contributed by atoms with Gasteiger partial charge in [0.25, 0.3) is 0 Å². The topological polar surface area (TPSA) is 0 Å². The van der Waals surface area contributed by atoms with E-state index < -0.39 is 0 Å². The van der Waals surface area contributed by atoms with E-state index in [1.165, 1.54) is 19.3 Å². The van der Waals surface area contributed by atoms with Gasteiger partial charge in [0, 0.05) is 16.9 Å². The van der Waals surface area contributed by atoms with Crippen molar-refractivity contribution in [3.05, 3.63) is 34.5 Å². The van der Waals surface area contributed by atoms with Crippen molar-refractivity contribution >= 4 is 11.3 Å².